The predicted octanol–water partition coefficient (Wildman–Crippen LogP) is 5.69. The van der Waals surface area contributed by atoms with E-state index in [-0.39, 0.29) is 11.8 Å². The van der Waals surface area contributed by atoms with Crippen molar-refractivity contribution in [3.8, 4) is 0 Å². The summed E-state index contributed by atoms with van der Waals surface area (Å²) in [5, 5.41) is 5.70. The first-order valence-electron chi connectivity index (χ1n) is 10.6. The molecule has 2 aliphatic rings. The van der Waals surface area contributed by atoms with E-state index < -0.39 is 0 Å². The van der Waals surface area contributed by atoms with Crippen LogP contribution in [-0.2, 0) is 9.59 Å². The maximum Gasteiger partial charge on any atom is 0.256 e. The molecule has 1 aromatic heterocycles. The highest BCUT2D eigenvalue weighted by Crippen LogP contribution is 2.33. The average molecular weight is 431 g/mol. The summed E-state index contributed by atoms with van der Waals surface area (Å²) in [7, 11) is 0. The highest BCUT2D eigenvalue weighted by Gasteiger charge is 2.24. The number of nitrogens with one attached hydrogen (secondary N) is 3. The average Bonchev–Trinajstić information content (AvgIpc) is 3.54. The minimum atomic E-state index is -0.0456. The van der Waals surface area contributed by atoms with Crippen molar-refractivity contribution < 1.29 is 9.59 Å². The lowest BCUT2D eigenvalue weighted by Gasteiger charge is -1.97. The largest absolute Gasteiger partial charge is 0.362 e. The van der Waals surface area contributed by atoms with Crippen molar-refractivity contribution in [1.82, 2.24) is 4.98 Å². The molecule has 0 saturated carbocycles. The fourth-order valence-electron chi connectivity index (χ4n) is 3.87. The summed E-state index contributed by atoms with van der Waals surface area (Å²) in [6.07, 6.45) is 5.62. The van der Waals surface area contributed by atoms with E-state index in [1.807, 2.05) is 109 Å². The number of H-pyrrole nitrogens is 1. The number of anilines is 2. The predicted molar refractivity (Wildman–Crippen MR) is 133 cm³/mol. The fourth-order valence-corrected chi connectivity index (χ4v) is 3.87. The van der Waals surface area contributed by atoms with E-state index in [2.05, 4.69) is 15.6 Å². The summed E-state index contributed by atoms with van der Waals surface area (Å²) in [4.78, 5) is 26.7. The van der Waals surface area contributed by atoms with E-state index in [1.54, 1.807) is 0 Å². The monoisotopic (exact) mass is 431 g/mol. The van der Waals surface area contributed by atoms with Crippen molar-refractivity contribution in [3.05, 3.63) is 120 Å². The molecule has 5 nitrogen and oxygen atoms in total. The van der Waals surface area contributed by atoms with Crippen molar-refractivity contribution in [2.24, 2.45) is 0 Å². The summed E-state index contributed by atoms with van der Waals surface area (Å²) in [5.74, 6) is -0.0779. The van der Waals surface area contributed by atoms with Gasteiger partial charge in [-0.1, -0.05) is 66.7 Å². The second-order valence-electron chi connectivity index (χ2n) is 7.65. The van der Waals surface area contributed by atoms with Gasteiger partial charge in [0.05, 0.1) is 5.57 Å². The molecule has 0 bridgehead atoms. The van der Waals surface area contributed by atoms with Crippen LogP contribution >= 0.6 is 0 Å². The van der Waals surface area contributed by atoms with Crippen LogP contribution in [0.3, 0.4) is 0 Å². The standard InChI is InChI=1S/C15H11NO.C13H10N2O/c17-15-13(10-11-6-2-1-3-7-11)12-8-4-5-9-14(12)16-15;16-13-11(8-9-4-3-7-14-9)10-5-1-2-6-12(10)15-13/h1-10H,(H,16,17);1-8,14H,(H,15,16)/b13-10-;11-8-. The first-order chi connectivity index (χ1) is 16.2. The topological polar surface area (TPSA) is 74.0 Å². The summed E-state index contributed by atoms with van der Waals surface area (Å²) in [5.41, 5.74) is 7.11. The smallest absolute Gasteiger partial charge is 0.256 e. The zero-order valence-corrected chi connectivity index (χ0v) is 17.7. The van der Waals surface area contributed by atoms with Gasteiger partial charge in [-0.25, -0.2) is 0 Å². The highest BCUT2D eigenvalue weighted by atomic mass is 16.2. The fraction of sp³-hybridized carbons (Fsp3) is 0. The quantitative estimate of drug-likeness (QED) is 0.357. The Balaban J connectivity index is 0.000000139. The van der Waals surface area contributed by atoms with Crippen LogP contribution in [-0.4, -0.2) is 16.8 Å². The number of para-hydroxylation sites is 2. The van der Waals surface area contributed by atoms with Gasteiger partial charge >= 0.3 is 0 Å². The van der Waals surface area contributed by atoms with Gasteiger partial charge in [0.1, 0.15) is 0 Å². The molecular formula is C28H21N3O2. The minimum absolute atomic E-state index is 0.0324. The molecule has 0 spiro atoms. The van der Waals surface area contributed by atoms with Gasteiger partial charge in [-0.05, 0) is 42.0 Å². The van der Waals surface area contributed by atoms with Crippen LogP contribution in [0.1, 0.15) is 22.4 Å². The number of rotatable bonds is 2. The van der Waals surface area contributed by atoms with Crippen LogP contribution < -0.4 is 10.6 Å². The molecule has 0 fully saturated rings. The Morgan fingerprint density at radius 1 is 0.545 bits per heavy atom. The summed E-state index contributed by atoms with van der Waals surface area (Å²) < 4.78 is 0. The molecule has 3 aromatic carbocycles. The van der Waals surface area contributed by atoms with E-state index in [9.17, 15) is 9.59 Å². The minimum Gasteiger partial charge on any atom is -0.362 e. The van der Waals surface area contributed by atoms with Crippen molar-refractivity contribution in [3.63, 3.8) is 0 Å². The summed E-state index contributed by atoms with van der Waals surface area (Å²) >= 11 is 0. The molecule has 0 saturated heterocycles. The molecule has 5 heteroatoms. The van der Waals surface area contributed by atoms with Crippen molar-refractivity contribution in [1.29, 1.82) is 0 Å². The van der Waals surface area contributed by atoms with Gasteiger partial charge in [0.25, 0.3) is 11.8 Å². The third-order valence-corrected chi connectivity index (χ3v) is 5.45. The normalized spacial score (nSPS) is 16.0. The Morgan fingerprint density at radius 2 is 1.09 bits per heavy atom. The lowest BCUT2D eigenvalue weighted by molar-refractivity contribution is -0.111. The number of aromatic amines is 1. The maximum absolute atomic E-state index is 11.9. The second-order valence-corrected chi connectivity index (χ2v) is 7.65. The Kier molecular flexibility index (Phi) is 5.43. The van der Waals surface area contributed by atoms with Crippen LogP contribution in [0.15, 0.2) is 97.2 Å². The van der Waals surface area contributed by atoms with E-state index in [4.69, 9.17) is 0 Å². The Labute approximate surface area is 191 Å². The van der Waals surface area contributed by atoms with Gasteiger partial charge in [-0.3, -0.25) is 9.59 Å². The number of benzene rings is 3. The SMILES string of the molecule is O=C1Nc2ccccc2/C1=C/c1ccc[nH]1.O=C1Nc2ccccc2/C1=C/c1ccccc1. The number of carbonyl (C=O) groups is 2. The second kappa shape index (κ2) is 8.85. The molecule has 33 heavy (non-hydrogen) atoms. The third-order valence-electron chi connectivity index (χ3n) is 5.45. The third kappa shape index (κ3) is 4.25. The molecule has 0 aliphatic carbocycles. The van der Waals surface area contributed by atoms with Crippen LogP contribution in [0.25, 0.3) is 23.3 Å². The molecular weight excluding hydrogens is 410 g/mol. The van der Waals surface area contributed by atoms with Gasteiger partial charge in [0.15, 0.2) is 0 Å². The van der Waals surface area contributed by atoms with Crippen LogP contribution in [0.4, 0.5) is 11.4 Å². The molecule has 2 aliphatic heterocycles. The molecule has 3 N–H and O–H groups in total. The lowest BCUT2D eigenvalue weighted by atomic mass is 10.0. The van der Waals surface area contributed by atoms with Gasteiger partial charge in [0, 0.05) is 40.0 Å². The van der Waals surface area contributed by atoms with E-state index in [0.717, 1.165) is 39.3 Å². The maximum atomic E-state index is 11.9. The van der Waals surface area contributed by atoms with Crippen LogP contribution in [0.2, 0.25) is 0 Å². The number of hydrogen-bond donors (Lipinski definition) is 3. The van der Waals surface area contributed by atoms with Crippen LogP contribution in [0.5, 0.6) is 0 Å². The van der Waals surface area contributed by atoms with Crippen molar-refractivity contribution in [2.75, 3.05) is 10.6 Å². The number of amides is 2. The van der Waals surface area contributed by atoms with Crippen LogP contribution in [0, 0.1) is 0 Å². The van der Waals surface area contributed by atoms with Gasteiger partial charge in [-0.2, -0.15) is 0 Å². The number of carbonyl (C=O) groups excluding carboxylic acids is 2. The van der Waals surface area contributed by atoms with E-state index >= 15 is 0 Å². The first kappa shape index (κ1) is 20.3. The Bertz CT molecular complexity index is 1380. The Morgan fingerprint density at radius 3 is 1.67 bits per heavy atom. The highest BCUT2D eigenvalue weighted by molar-refractivity contribution is 6.35. The molecule has 0 unspecified atom stereocenters. The number of fused-ring (bicyclic) bond motifs is 2. The molecule has 160 valence electrons. The molecule has 6 rings (SSSR count). The number of hydrogen-bond acceptors (Lipinski definition) is 2. The molecule has 4 aromatic rings. The van der Waals surface area contributed by atoms with Crippen molar-refractivity contribution in [2.45, 2.75) is 0 Å². The molecule has 0 radical (unpaired) electrons. The lowest BCUT2D eigenvalue weighted by Crippen LogP contribution is -2.03. The van der Waals surface area contributed by atoms with Gasteiger partial charge in [0.2, 0.25) is 0 Å². The molecule has 0 atom stereocenters. The zero-order chi connectivity index (χ0) is 22.6. The first-order valence-corrected chi connectivity index (χ1v) is 10.6. The summed E-state index contributed by atoms with van der Waals surface area (Å²) in [6, 6.07) is 29.1. The summed E-state index contributed by atoms with van der Waals surface area (Å²) in [6.45, 7) is 0. The number of aromatic nitrogens is 1. The Hall–Kier alpha value is -4.64. The molecule has 2 amide bonds. The van der Waals surface area contributed by atoms with Gasteiger partial charge in [-0.15, -0.1) is 0 Å². The van der Waals surface area contributed by atoms with Gasteiger partial charge < -0.3 is 15.6 Å². The van der Waals surface area contributed by atoms with E-state index in [0.29, 0.717) is 5.57 Å². The van der Waals surface area contributed by atoms with Crippen molar-refractivity contribution >= 4 is 46.5 Å². The zero-order valence-electron chi connectivity index (χ0n) is 17.7. The molecule has 3 heterocycles. The van der Waals surface area contributed by atoms with E-state index in [1.165, 1.54) is 0 Å².